The summed E-state index contributed by atoms with van der Waals surface area (Å²) in [5, 5.41) is 25.1. The number of carbonyl (C=O) groups excluding carboxylic acids is 1. The van der Waals surface area contributed by atoms with Gasteiger partial charge in [0.2, 0.25) is 5.91 Å². The van der Waals surface area contributed by atoms with Gasteiger partial charge in [0.05, 0.1) is 11.3 Å². The van der Waals surface area contributed by atoms with Gasteiger partial charge in [0.25, 0.3) is 0 Å². The van der Waals surface area contributed by atoms with Crippen molar-refractivity contribution in [1.82, 2.24) is 14.8 Å². The zero-order valence-electron chi connectivity index (χ0n) is 20.8. The Morgan fingerprint density at radius 1 is 1.35 bits per heavy atom. The van der Waals surface area contributed by atoms with Crippen LogP contribution < -0.4 is 5.32 Å². The molecule has 1 aromatic carbocycles. The predicted molar refractivity (Wildman–Crippen MR) is 153 cm³/mol. The van der Waals surface area contributed by atoms with Crippen LogP contribution in [0.15, 0.2) is 53.5 Å². The van der Waals surface area contributed by atoms with Gasteiger partial charge in [0, 0.05) is 32.8 Å². The first-order valence-electron chi connectivity index (χ1n) is 12.1. The summed E-state index contributed by atoms with van der Waals surface area (Å²) in [5.41, 5.74) is 5.06. The largest absolute Gasteiger partial charge is 0.316 e. The highest BCUT2D eigenvalue weighted by Crippen LogP contribution is 2.40. The van der Waals surface area contributed by atoms with E-state index in [1.54, 1.807) is 22.7 Å². The fourth-order valence-corrected chi connectivity index (χ4v) is 7.71. The van der Waals surface area contributed by atoms with Gasteiger partial charge in [0.15, 0.2) is 11.0 Å². The smallest absolute Gasteiger partial charge is 0.235 e. The molecule has 4 aromatic rings. The maximum atomic E-state index is 12.9. The molecule has 188 valence electrons. The standard InChI is InChI=1S/C28H27N5OS3/c1-4-12-33-26(22-15-35-18(3)25(22)19-8-6-5-7-9-19)31-32-28(33)36-16-24(34)30-27-21(14-29)20-11-10-17(2)13-23(20)37-27/h4-9,15,17H,1,10-13,16H2,2-3H3,(H,30,34). The Balaban J connectivity index is 1.36. The number of benzene rings is 1. The Hall–Kier alpha value is -3.19. The average Bonchev–Trinajstić information content (AvgIpc) is 3.57. The number of amides is 1. The maximum absolute atomic E-state index is 12.9. The van der Waals surface area contributed by atoms with Crippen LogP contribution in [-0.2, 0) is 24.2 Å². The minimum atomic E-state index is -0.154. The molecule has 1 atom stereocenters. The number of thiophene rings is 2. The normalized spacial score (nSPS) is 14.7. The van der Waals surface area contributed by atoms with Crippen molar-refractivity contribution in [1.29, 1.82) is 5.26 Å². The molecule has 6 nitrogen and oxygen atoms in total. The number of aromatic nitrogens is 3. The summed E-state index contributed by atoms with van der Waals surface area (Å²) in [6.07, 6.45) is 4.77. The van der Waals surface area contributed by atoms with Crippen molar-refractivity contribution in [2.45, 2.75) is 44.8 Å². The lowest BCUT2D eigenvalue weighted by Gasteiger charge is -2.17. The molecule has 0 radical (unpaired) electrons. The number of fused-ring (bicyclic) bond motifs is 1. The number of hydrogen-bond acceptors (Lipinski definition) is 7. The third-order valence-electron chi connectivity index (χ3n) is 6.52. The van der Waals surface area contributed by atoms with Crippen LogP contribution in [0.4, 0.5) is 5.00 Å². The van der Waals surface area contributed by atoms with Crippen molar-refractivity contribution in [2.75, 3.05) is 11.1 Å². The van der Waals surface area contributed by atoms with Gasteiger partial charge in [-0.3, -0.25) is 9.36 Å². The van der Waals surface area contributed by atoms with E-state index in [2.05, 4.69) is 59.5 Å². The second-order valence-corrected chi connectivity index (χ2v) is 12.3. The van der Waals surface area contributed by atoms with Gasteiger partial charge in [-0.25, -0.2) is 0 Å². The highest BCUT2D eigenvalue weighted by molar-refractivity contribution is 7.99. The Labute approximate surface area is 229 Å². The number of allylic oxidation sites excluding steroid dienone is 1. The van der Waals surface area contributed by atoms with E-state index in [4.69, 9.17) is 0 Å². The van der Waals surface area contributed by atoms with Crippen LogP contribution in [0.5, 0.6) is 0 Å². The van der Waals surface area contributed by atoms with Crippen molar-refractivity contribution in [3.63, 3.8) is 0 Å². The van der Waals surface area contributed by atoms with Gasteiger partial charge in [-0.05, 0) is 43.2 Å². The first-order chi connectivity index (χ1) is 18.0. The molecule has 0 spiro atoms. The second kappa shape index (κ2) is 11.1. The Bertz CT molecular complexity index is 1490. The summed E-state index contributed by atoms with van der Waals surface area (Å²) < 4.78 is 2.00. The van der Waals surface area contributed by atoms with Gasteiger partial charge >= 0.3 is 0 Å². The fraction of sp³-hybridized carbons (Fsp3) is 0.286. The first-order valence-corrected chi connectivity index (χ1v) is 14.8. The number of rotatable bonds is 8. The zero-order valence-corrected chi connectivity index (χ0v) is 23.2. The van der Waals surface area contributed by atoms with E-state index in [-0.39, 0.29) is 11.7 Å². The molecule has 1 aliphatic carbocycles. The third kappa shape index (κ3) is 5.14. The Morgan fingerprint density at radius 3 is 2.92 bits per heavy atom. The average molecular weight is 546 g/mol. The number of nitrogens with zero attached hydrogens (tertiary/aromatic N) is 4. The summed E-state index contributed by atoms with van der Waals surface area (Å²) in [4.78, 5) is 15.4. The lowest BCUT2D eigenvalue weighted by Crippen LogP contribution is -2.15. The molecule has 0 saturated heterocycles. The molecule has 0 bridgehead atoms. The molecule has 0 aliphatic heterocycles. The predicted octanol–water partition coefficient (Wildman–Crippen LogP) is 6.96. The Morgan fingerprint density at radius 2 is 2.16 bits per heavy atom. The Kier molecular flexibility index (Phi) is 7.60. The molecular formula is C28H27N5OS3. The van der Waals surface area contributed by atoms with Crippen molar-refractivity contribution < 1.29 is 4.79 Å². The molecule has 1 aliphatic rings. The van der Waals surface area contributed by atoms with Crippen LogP contribution in [-0.4, -0.2) is 26.4 Å². The van der Waals surface area contributed by atoms with E-state index in [1.807, 2.05) is 28.8 Å². The molecule has 3 heterocycles. The maximum Gasteiger partial charge on any atom is 0.235 e. The van der Waals surface area contributed by atoms with Gasteiger partial charge in [-0.1, -0.05) is 55.1 Å². The highest BCUT2D eigenvalue weighted by Gasteiger charge is 2.25. The quantitative estimate of drug-likeness (QED) is 0.191. The van der Waals surface area contributed by atoms with Crippen LogP contribution in [0, 0.1) is 24.2 Å². The number of anilines is 1. The molecule has 1 amide bonds. The highest BCUT2D eigenvalue weighted by atomic mass is 32.2. The molecule has 37 heavy (non-hydrogen) atoms. The molecule has 0 fully saturated rings. The third-order valence-corrected chi connectivity index (χ3v) is 9.56. The lowest BCUT2D eigenvalue weighted by molar-refractivity contribution is -0.113. The fourth-order valence-electron chi connectivity index (χ4n) is 4.72. The SMILES string of the molecule is C=CCn1c(SCC(=O)Nc2sc3c(c2C#N)CCC(C)C3)nnc1-c1csc(C)c1-c1ccccc1. The topological polar surface area (TPSA) is 83.6 Å². The molecular weight excluding hydrogens is 519 g/mol. The first kappa shape index (κ1) is 25.5. The summed E-state index contributed by atoms with van der Waals surface area (Å²) >= 11 is 4.58. The van der Waals surface area contributed by atoms with Gasteiger partial charge in [-0.2, -0.15) is 5.26 Å². The van der Waals surface area contributed by atoms with Crippen molar-refractivity contribution in [3.05, 3.63) is 69.2 Å². The van der Waals surface area contributed by atoms with E-state index in [0.717, 1.165) is 47.3 Å². The summed E-state index contributed by atoms with van der Waals surface area (Å²) in [7, 11) is 0. The minimum Gasteiger partial charge on any atom is -0.316 e. The minimum absolute atomic E-state index is 0.154. The van der Waals surface area contributed by atoms with Crippen LogP contribution >= 0.6 is 34.4 Å². The van der Waals surface area contributed by atoms with Gasteiger partial charge in [-0.15, -0.1) is 39.4 Å². The van der Waals surface area contributed by atoms with Crippen LogP contribution in [0.25, 0.3) is 22.5 Å². The van der Waals surface area contributed by atoms with E-state index < -0.39 is 0 Å². The van der Waals surface area contributed by atoms with Crippen molar-refractivity contribution in [3.8, 4) is 28.6 Å². The monoisotopic (exact) mass is 545 g/mol. The number of aryl methyl sites for hydroxylation is 1. The van der Waals surface area contributed by atoms with Crippen LogP contribution in [0.1, 0.15) is 34.2 Å². The zero-order chi connectivity index (χ0) is 25.9. The lowest BCUT2D eigenvalue weighted by atomic mass is 9.89. The summed E-state index contributed by atoms with van der Waals surface area (Å²) in [6.45, 7) is 8.79. The second-order valence-electron chi connectivity index (χ2n) is 9.16. The van der Waals surface area contributed by atoms with Crippen molar-refractivity contribution in [2.24, 2.45) is 5.92 Å². The summed E-state index contributed by atoms with van der Waals surface area (Å²) in [5.74, 6) is 1.39. The number of thioether (sulfide) groups is 1. The molecule has 3 aromatic heterocycles. The molecule has 5 rings (SSSR count). The van der Waals surface area contributed by atoms with Gasteiger partial charge in [0.1, 0.15) is 11.1 Å². The number of carbonyl (C=O) groups is 1. The molecule has 1 unspecified atom stereocenters. The van der Waals surface area contributed by atoms with Crippen LogP contribution in [0.2, 0.25) is 0 Å². The van der Waals surface area contributed by atoms with E-state index in [9.17, 15) is 10.1 Å². The molecule has 1 N–H and O–H groups in total. The summed E-state index contributed by atoms with van der Waals surface area (Å²) in [6, 6.07) is 12.6. The van der Waals surface area contributed by atoms with Gasteiger partial charge < -0.3 is 5.32 Å². The molecule has 9 heteroatoms. The number of nitriles is 1. The number of nitrogens with one attached hydrogen (secondary N) is 1. The van der Waals surface area contributed by atoms with Crippen molar-refractivity contribution >= 4 is 45.3 Å². The van der Waals surface area contributed by atoms with E-state index in [0.29, 0.717) is 28.2 Å². The number of hydrogen-bond donors (Lipinski definition) is 1. The van der Waals surface area contributed by atoms with E-state index in [1.165, 1.54) is 21.5 Å². The van der Waals surface area contributed by atoms with E-state index >= 15 is 0 Å². The molecule has 0 saturated carbocycles. The van der Waals surface area contributed by atoms with Crippen LogP contribution in [0.3, 0.4) is 0 Å².